The predicted octanol–water partition coefficient (Wildman–Crippen LogP) is 0.944. The molecule has 138 valence electrons. The molecule has 0 aromatic heterocycles. The first kappa shape index (κ1) is 16.8. The molecule has 2 atom stereocenters. The van der Waals surface area contributed by atoms with Crippen molar-refractivity contribution in [3.63, 3.8) is 0 Å². The Labute approximate surface area is 151 Å². The number of carbonyl (C=O) groups excluding carboxylic acids is 3. The van der Waals surface area contributed by atoms with Gasteiger partial charge in [-0.2, -0.15) is 5.06 Å². The van der Waals surface area contributed by atoms with Crippen molar-refractivity contribution in [2.75, 3.05) is 6.54 Å². The summed E-state index contributed by atoms with van der Waals surface area (Å²) < 4.78 is 0. The Kier molecular flexibility index (Phi) is 4.07. The van der Waals surface area contributed by atoms with E-state index in [4.69, 9.17) is 4.84 Å². The second-order valence-corrected chi connectivity index (χ2v) is 7.29. The van der Waals surface area contributed by atoms with Gasteiger partial charge in [0.05, 0.1) is 6.04 Å². The highest BCUT2D eigenvalue weighted by atomic mass is 16.7. The van der Waals surface area contributed by atoms with Crippen LogP contribution in [0.2, 0.25) is 0 Å². The minimum absolute atomic E-state index is 0.0245. The quantitative estimate of drug-likeness (QED) is 0.784. The third kappa shape index (κ3) is 2.90. The standard InChI is InChI=1S/C18H22N4O4/c1-12(23)19-20-16(24)14-9-18(7-8-18)15-10-21(14)17(25)22(15)26-11-13-5-3-2-4-6-13/h2-6,14-15H,7-11H2,1H3,(H,19,23)(H,20,24)/t14-,15-/m0/s1. The number of hydroxylamine groups is 2. The number of nitrogens with one attached hydrogen (secondary N) is 2. The highest BCUT2D eigenvalue weighted by Gasteiger charge is 2.64. The van der Waals surface area contributed by atoms with E-state index in [1.165, 1.54) is 12.0 Å². The fourth-order valence-electron chi connectivity index (χ4n) is 3.96. The Morgan fingerprint density at radius 2 is 1.96 bits per heavy atom. The number of carbonyl (C=O) groups is 3. The van der Waals surface area contributed by atoms with Gasteiger partial charge < -0.3 is 4.90 Å². The summed E-state index contributed by atoms with van der Waals surface area (Å²) in [6, 6.07) is 8.79. The van der Waals surface area contributed by atoms with Crippen LogP contribution in [0.3, 0.4) is 0 Å². The molecule has 8 nitrogen and oxygen atoms in total. The number of fused-ring (bicyclic) bond motifs is 3. The third-order valence-corrected chi connectivity index (χ3v) is 5.54. The van der Waals surface area contributed by atoms with E-state index in [2.05, 4.69) is 10.9 Å². The Morgan fingerprint density at radius 1 is 1.23 bits per heavy atom. The molecule has 0 radical (unpaired) electrons. The second kappa shape index (κ2) is 6.28. The van der Waals surface area contributed by atoms with E-state index in [0.29, 0.717) is 19.6 Å². The molecule has 1 saturated carbocycles. The zero-order valence-electron chi connectivity index (χ0n) is 14.6. The maximum atomic E-state index is 12.8. The Balaban J connectivity index is 1.48. The molecule has 2 N–H and O–H groups in total. The average Bonchev–Trinajstić information content (AvgIpc) is 3.35. The van der Waals surface area contributed by atoms with E-state index < -0.39 is 6.04 Å². The molecule has 4 rings (SSSR count). The third-order valence-electron chi connectivity index (χ3n) is 5.54. The van der Waals surface area contributed by atoms with Crippen molar-refractivity contribution in [1.29, 1.82) is 0 Å². The molecule has 2 bridgehead atoms. The number of hydrogen-bond acceptors (Lipinski definition) is 4. The van der Waals surface area contributed by atoms with Crippen LogP contribution in [0.15, 0.2) is 30.3 Å². The van der Waals surface area contributed by atoms with E-state index >= 15 is 0 Å². The van der Waals surface area contributed by atoms with Crippen LogP contribution >= 0.6 is 0 Å². The van der Waals surface area contributed by atoms with E-state index in [0.717, 1.165) is 18.4 Å². The Bertz CT molecular complexity index is 734. The summed E-state index contributed by atoms with van der Waals surface area (Å²) in [6.07, 6.45) is 2.56. The van der Waals surface area contributed by atoms with Crippen molar-refractivity contribution >= 4 is 17.8 Å². The fourth-order valence-corrected chi connectivity index (χ4v) is 3.96. The van der Waals surface area contributed by atoms with Gasteiger partial charge in [-0.05, 0) is 30.2 Å². The van der Waals surface area contributed by atoms with Crippen molar-refractivity contribution in [1.82, 2.24) is 20.8 Å². The number of hydrazine groups is 1. The number of rotatable bonds is 4. The SMILES string of the molecule is CC(=O)NNC(=O)[C@@H]1CC2(CC2)[C@@H]2CN1C(=O)N2OCc1ccccc1. The number of urea groups is 1. The van der Waals surface area contributed by atoms with Gasteiger partial charge in [-0.1, -0.05) is 30.3 Å². The molecule has 2 heterocycles. The van der Waals surface area contributed by atoms with Crippen molar-refractivity contribution in [3.05, 3.63) is 35.9 Å². The lowest BCUT2D eigenvalue weighted by Crippen LogP contribution is -2.55. The van der Waals surface area contributed by atoms with Crippen LogP contribution in [0.5, 0.6) is 0 Å². The highest BCUT2D eigenvalue weighted by Crippen LogP contribution is 2.59. The van der Waals surface area contributed by atoms with E-state index in [-0.39, 0.29) is 29.3 Å². The molecule has 2 aliphatic heterocycles. The highest BCUT2D eigenvalue weighted by molar-refractivity contribution is 5.90. The average molecular weight is 358 g/mol. The van der Waals surface area contributed by atoms with Crippen LogP contribution in [0, 0.1) is 5.41 Å². The lowest BCUT2D eigenvalue weighted by atomic mass is 9.85. The molecule has 0 unspecified atom stereocenters. The molecular formula is C18H22N4O4. The van der Waals surface area contributed by atoms with Crippen LogP contribution in [-0.4, -0.2) is 46.4 Å². The van der Waals surface area contributed by atoms with Crippen LogP contribution in [0.1, 0.15) is 31.7 Å². The lowest BCUT2D eigenvalue weighted by molar-refractivity contribution is -0.153. The monoisotopic (exact) mass is 358 g/mol. The largest absolute Gasteiger partial charge is 0.345 e. The van der Waals surface area contributed by atoms with Gasteiger partial charge in [0.15, 0.2) is 0 Å². The number of amides is 4. The van der Waals surface area contributed by atoms with Crippen molar-refractivity contribution in [3.8, 4) is 0 Å². The Morgan fingerprint density at radius 3 is 2.62 bits per heavy atom. The number of nitrogens with zero attached hydrogens (tertiary/aromatic N) is 2. The smallest absolute Gasteiger partial charge is 0.309 e. The predicted molar refractivity (Wildman–Crippen MR) is 91.0 cm³/mol. The number of hydrogen-bond donors (Lipinski definition) is 2. The molecule has 1 aliphatic carbocycles. The van der Waals surface area contributed by atoms with Gasteiger partial charge in [-0.25, -0.2) is 4.79 Å². The summed E-state index contributed by atoms with van der Waals surface area (Å²) in [4.78, 5) is 43.7. The molecule has 4 amide bonds. The van der Waals surface area contributed by atoms with Crippen molar-refractivity contribution in [2.45, 2.75) is 44.9 Å². The van der Waals surface area contributed by atoms with Crippen LogP contribution in [0.4, 0.5) is 4.79 Å². The minimum Gasteiger partial charge on any atom is -0.309 e. The fraction of sp³-hybridized carbons (Fsp3) is 0.500. The summed E-state index contributed by atoms with van der Waals surface area (Å²) in [6.45, 7) is 2.11. The number of piperidine rings is 1. The summed E-state index contributed by atoms with van der Waals surface area (Å²) >= 11 is 0. The van der Waals surface area contributed by atoms with Gasteiger partial charge in [0.2, 0.25) is 5.91 Å². The Hall–Kier alpha value is -2.61. The molecule has 1 aromatic carbocycles. The molecular weight excluding hydrogens is 336 g/mol. The van der Waals surface area contributed by atoms with E-state index in [1.807, 2.05) is 30.3 Å². The maximum Gasteiger partial charge on any atom is 0.345 e. The minimum atomic E-state index is -0.585. The summed E-state index contributed by atoms with van der Waals surface area (Å²) in [5, 5.41) is 1.46. The van der Waals surface area contributed by atoms with Gasteiger partial charge >= 0.3 is 6.03 Å². The zero-order valence-corrected chi connectivity index (χ0v) is 14.6. The summed E-state index contributed by atoms with van der Waals surface area (Å²) in [7, 11) is 0. The normalized spacial score (nSPS) is 25.3. The van der Waals surface area contributed by atoms with Crippen LogP contribution in [0.25, 0.3) is 0 Å². The second-order valence-electron chi connectivity index (χ2n) is 7.29. The van der Waals surface area contributed by atoms with Crippen molar-refractivity contribution < 1.29 is 19.2 Å². The molecule has 2 saturated heterocycles. The van der Waals surface area contributed by atoms with Gasteiger partial charge in [0.25, 0.3) is 5.91 Å². The topological polar surface area (TPSA) is 91.0 Å². The van der Waals surface area contributed by atoms with Gasteiger partial charge in [0.1, 0.15) is 12.6 Å². The van der Waals surface area contributed by atoms with Gasteiger partial charge in [-0.3, -0.25) is 25.3 Å². The van der Waals surface area contributed by atoms with Gasteiger partial charge in [0, 0.05) is 13.5 Å². The van der Waals surface area contributed by atoms with Gasteiger partial charge in [-0.15, -0.1) is 0 Å². The molecule has 1 spiro atoms. The maximum absolute atomic E-state index is 12.8. The molecule has 26 heavy (non-hydrogen) atoms. The van der Waals surface area contributed by atoms with E-state index in [1.54, 1.807) is 4.90 Å². The van der Waals surface area contributed by atoms with E-state index in [9.17, 15) is 14.4 Å². The summed E-state index contributed by atoms with van der Waals surface area (Å²) in [5.41, 5.74) is 5.63. The lowest BCUT2D eigenvalue weighted by Gasteiger charge is -2.35. The summed E-state index contributed by atoms with van der Waals surface area (Å²) in [5.74, 6) is -0.711. The molecule has 3 fully saturated rings. The first-order valence-corrected chi connectivity index (χ1v) is 8.83. The number of benzene rings is 1. The first-order chi connectivity index (χ1) is 12.5. The van der Waals surface area contributed by atoms with Crippen LogP contribution < -0.4 is 10.9 Å². The van der Waals surface area contributed by atoms with Crippen LogP contribution in [-0.2, 0) is 21.0 Å². The molecule has 8 heteroatoms. The van der Waals surface area contributed by atoms with Crippen molar-refractivity contribution in [2.24, 2.45) is 5.41 Å². The molecule has 1 aromatic rings. The first-order valence-electron chi connectivity index (χ1n) is 8.83. The zero-order chi connectivity index (χ0) is 18.3. The molecule has 3 aliphatic rings.